The zero-order valence-electron chi connectivity index (χ0n) is 16.9. The molecule has 1 N–H and O–H groups in total. The maximum absolute atomic E-state index is 10.2. The van der Waals surface area contributed by atoms with Gasteiger partial charge in [0.2, 0.25) is 11.7 Å². The summed E-state index contributed by atoms with van der Waals surface area (Å²) in [5.74, 6) is -1.88. The normalized spacial score (nSPS) is 31.8. The van der Waals surface area contributed by atoms with Crippen LogP contribution in [0.25, 0.3) is 0 Å². The van der Waals surface area contributed by atoms with Gasteiger partial charge in [-0.15, -0.1) is 0 Å². The van der Waals surface area contributed by atoms with Gasteiger partial charge in [-0.05, 0) is 30.7 Å². The minimum absolute atomic E-state index is 0.385. The van der Waals surface area contributed by atoms with E-state index in [1.807, 2.05) is 0 Å². The first-order chi connectivity index (χ1) is 13.9. The van der Waals surface area contributed by atoms with Crippen LogP contribution in [0.1, 0.15) is 45.1 Å². The molecular weight excluding hydrogens is 368 g/mol. The molecule has 0 saturated carbocycles. The minimum atomic E-state index is -1.82. The van der Waals surface area contributed by atoms with E-state index in [0.717, 1.165) is 19.3 Å². The molecule has 1 aromatic rings. The SMILES string of the molecule is CCCCCC1OC2(c3ccc(OC)cc3)OC(=N)C(C#N)(C2C)C1(C#N)C#N. The highest BCUT2D eigenvalue weighted by molar-refractivity contribution is 5.89. The summed E-state index contributed by atoms with van der Waals surface area (Å²) in [6.45, 7) is 3.77. The second-order valence-electron chi connectivity index (χ2n) is 7.60. The molecule has 0 aromatic heterocycles. The van der Waals surface area contributed by atoms with Crippen LogP contribution in [0.15, 0.2) is 24.3 Å². The lowest BCUT2D eigenvalue weighted by Crippen LogP contribution is -2.60. The van der Waals surface area contributed by atoms with Gasteiger partial charge in [-0.3, -0.25) is 5.41 Å². The van der Waals surface area contributed by atoms with Crippen molar-refractivity contribution in [2.75, 3.05) is 7.11 Å². The Kier molecular flexibility index (Phi) is 5.26. The molecular formula is C22H24N4O3. The Labute approximate surface area is 170 Å². The Morgan fingerprint density at radius 3 is 2.28 bits per heavy atom. The summed E-state index contributed by atoms with van der Waals surface area (Å²) in [5.41, 5.74) is -2.91. The van der Waals surface area contributed by atoms with E-state index in [0.29, 0.717) is 17.7 Å². The number of benzene rings is 1. The van der Waals surface area contributed by atoms with Gasteiger partial charge in [0.1, 0.15) is 5.75 Å². The van der Waals surface area contributed by atoms with E-state index in [1.165, 1.54) is 0 Å². The van der Waals surface area contributed by atoms with Gasteiger partial charge in [0, 0.05) is 5.56 Å². The molecule has 29 heavy (non-hydrogen) atoms. The third-order valence-electron chi connectivity index (χ3n) is 6.35. The number of hydrogen-bond donors (Lipinski definition) is 1. The Morgan fingerprint density at radius 1 is 1.10 bits per heavy atom. The standard InChI is InChI=1S/C22H24N4O3/c1-4-5-6-7-18-20(12-23,13-24)21(14-25)15(2)22(28-18,29-19(21)26)16-8-10-17(27-3)11-9-16/h8-11,15,18,26H,4-7H2,1-3H3. The average molecular weight is 392 g/mol. The van der Waals surface area contributed by atoms with Crippen LogP contribution in [0.3, 0.4) is 0 Å². The topological polar surface area (TPSA) is 123 Å². The van der Waals surface area contributed by atoms with Crippen molar-refractivity contribution in [1.29, 1.82) is 21.2 Å². The van der Waals surface area contributed by atoms with Crippen LogP contribution < -0.4 is 4.74 Å². The Balaban J connectivity index is 2.19. The molecule has 2 saturated heterocycles. The van der Waals surface area contributed by atoms with Crippen molar-refractivity contribution in [3.05, 3.63) is 29.8 Å². The molecule has 7 heteroatoms. The molecule has 2 bridgehead atoms. The van der Waals surface area contributed by atoms with Crippen LogP contribution in [0, 0.1) is 56.2 Å². The number of rotatable bonds is 6. The van der Waals surface area contributed by atoms with Crippen molar-refractivity contribution in [3.8, 4) is 24.0 Å². The van der Waals surface area contributed by atoms with Crippen molar-refractivity contribution >= 4 is 5.90 Å². The molecule has 2 aliphatic heterocycles. The minimum Gasteiger partial charge on any atom is -0.497 e. The van der Waals surface area contributed by atoms with E-state index in [2.05, 4.69) is 25.1 Å². The summed E-state index contributed by atoms with van der Waals surface area (Å²) >= 11 is 0. The maximum atomic E-state index is 10.2. The van der Waals surface area contributed by atoms with Crippen LogP contribution in [0.4, 0.5) is 0 Å². The molecule has 2 fully saturated rings. The van der Waals surface area contributed by atoms with Gasteiger partial charge in [-0.25, -0.2) is 0 Å². The summed E-state index contributed by atoms with van der Waals surface area (Å²) in [5, 5.41) is 38.9. The zero-order chi connectivity index (χ0) is 21.3. The molecule has 1 aromatic carbocycles. The first-order valence-corrected chi connectivity index (χ1v) is 9.76. The highest BCUT2D eigenvalue weighted by atomic mass is 16.7. The summed E-state index contributed by atoms with van der Waals surface area (Å²) in [6.07, 6.45) is 2.20. The number of nitrogens with one attached hydrogen (secondary N) is 1. The molecule has 2 heterocycles. The van der Waals surface area contributed by atoms with Crippen molar-refractivity contribution in [3.63, 3.8) is 0 Å². The second kappa shape index (κ2) is 7.39. The van der Waals surface area contributed by atoms with Crippen LogP contribution in [-0.4, -0.2) is 19.1 Å². The fourth-order valence-corrected chi connectivity index (χ4v) is 4.64. The average Bonchev–Trinajstić information content (AvgIpc) is 2.91. The third kappa shape index (κ3) is 2.53. The first-order valence-electron chi connectivity index (χ1n) is 9.76. The molecule has 0 amide bonds. The number of unbranched alkanes of at least 4 members (excludes halogenated alkanes) is 2. The predicted octanol–water partition coefficient (Wildman–Crippen LogP) is 4.01. The third-order valence-corrected chi connectivity index (χ3v) is 6.35. The van der Waals surface area contributed by atoms with Gasteiger partial charge in [0.15, 0.2) is 10.8 Å². The highest BCUT2D eigenvalue weighted by Crippen LogP contribution is 2.66. The lowest BCUT2D eigenvalue weighted by molar-refractivity contribution is -0.286. The first kappa shape index (κ1) is 20.6. The van der Waals surface area contributed by atoms with Crippen LogP contribution in [0.2, 0.25) is 0 Å². The van der Waals surface area contributed by atoms with E-state index < -0.39 is 28.6 Å². The molecule has 4 unspecified atom stereocenters. The van der Waals surface area contributed by atoms with Crippen LogP contribution >= 0.6 is 0 Å². The van der Waals surface area contributed by atoms with Gasteiger partial charge >= 0.3 is 0 Å². The largest absolute Gasteiger partial charge is 0.497 e. The lowest BCUT2D eigenvalue weighted by atomic mass is 9.53. The van der Waals surface area contributed by atoms with E-state index >= 15 is 0 Å². The fourth-order valence-electron chi connectivity index (χ4n) is 4.64. The lowest BCUT2D eigenvalue weighted by Gasteiger charge is -2.48. The highest BCUT2D eigenvalue weighted by Gasteiger charge is 2.79. The summed E-state index contributed by atoms with van der Waals surface area (Å²) in [7, 11) is 1.56. The molecule has 0 spiro atoms. The quantitative estimate of drug-likeness (QED) is 0.730. The molecule has 2 aliphatic rings. The van der Waals surface area contributed by atoms with Crippen LogP contribution in [-0.2, 0) is 15.3 Å². The van der Waals surface area contributed by atoms with Gasteiger partial charge < -0.3 is 14.2 Å². The zero-order valence-corrected chi connectivity index (χ0v) is 16.9. The number of nitriles is 3. The van der Waals surface area contributed by atoms with Crippen molar-refractivity contribution in [2.24, 2.45) is 16.7 Å². The maximum Gasteiger partial charge on any atom is 0.243 e. The van der Waals surface area contributed by atoms with E-state index in [9.17, 15) is 15.8 Å². The molecule has 150 valence electrons. The molecule has 3 rings (SSSR count). The number of hydrogen-bond acceptors (Lipinski definition) is 7. The van der Waals surface area contributed by atoms with Gasteiger partial charge in [0.05, 0.1) is 37.3 Å². The molecule has 0 radical (unpaired) electrons. The molecule has 0 aliphatic carbocycles. The van der Waals surface area contributed by atoms with Gasteiger partial charge in [0.25, 0.3) is 0 Å². The summed E-state index contributed by atoms with van der Waals surface area (Å²) in [6, 6.07) is 13.3. The Morgan fingerprint density at radius 2 is 1.76 bits per heavy atom. The Hall–Kier alpha value is -3.08. The van der Waals surface area contributed by atoms with Crippen molar-refractivity contribution in [2.45, 2.75) is 51.4 Å². The van der Waals surface area contributed by atoms with Crippen molar-refractivity contribution in [1.82, 2.24) is 0 Å². The monoisotopic (exact) mass is 392 g/mol. The number of nitrogens with zero attached hydrogens (tertiary/aromatic N) is 3. The number of ether oxygens (including phenoxy) is 3. The number of methoxy groups -OCH3 is 1. The molecule has 4 atom stereocenters. The van der Waals surface area contributed by atoms with E-state index in [-0.39, 0.29) is 5.90 Å². The number of fused-ring (bicyclic) bond motifs is 2. The van der Waals surface area contributed by atoms with Gasteiger partial charge in [-0.2, -0.15) is 15.8 Å². The van der Waals surface area contributed by atoms with Crippen molar-refractivity contribution < 1.29 is 14.2 Å². The Bertz CT molecular complexity index is 909. The summed E-state index contributed by atoms with van der Waals surface area (Å²) < 4.78 is 17.5. The van der Waals surface area contributed by atoms with E-state index in [1.54, 1.807) is 38.3 Å². The van der Waals surface area contributed by atoms with E-state index in [4.69, 9.17) is 19.6 Å². The van der Waals surface area contributed by atoms with Gasteiger partial charge in [-0.1, -0.05) is 33.1 Å². The smallest absolute Gasteiger partial charge is 0.243 e. The van der Waals surface area contributed by atoms with Crippen LogP contribution in [0.5, 0.6) is 5.75 Å². The fraction of sp³-hybridized carbons (Fsp3) is 0.545. The summed E-state index contributed by atoms with van der Waals surface area (Å²) in [4.78, 5) is 0. The second-order valence-corrected chi connectivity index (χ2v) is 7.60. The molecule has 7 nitrogen and oxygen atoms in total. The predicted molar refractivity (Wildman–Crippen MR) is 103 cm³/mol.